The van der Waals surface area contributed by atoms with E-state index in [9.17, 15) is 4.79 Å². The minimum Gasteiger partial charge on any atom is -0.496 e. The summed E-state index contributed by atoms with van der Waals surface area (Å²) < 4.78 is 5.74. The van der Waals surface area contributed by atoms with E-state index < -0.39 is 5.97 Å². The van der Waals surface area contributed by atoms with Gasteiger partial charge in [-0.05, 0) is 40.5 Å². The van der Waals surface area contributed by atoms with Crippen molar-refractivity contribution in [3.8, 4) is 5.75 Å². The van der Waals surface area contributed by atoms with Crippen LogP contribution in [0.1, 0.15) is 71.6 Å². The van der Waals surface area contributed by atoms with E-state index in [1.54, 1.807) is 7.11 Å². The molecule has 0 saturated carbocycles. The summed E-state index contributed by atoms with van der Waals surface area (Å²) in [5.74, 6) is -0.00758. The molecule has 0 saturated heterocycles. The molecule has 0 atom stereocenters. The third-order valence-electron chi connectivity index (χ3n) is 3.96. The minimum atomic E-state index is -0.910. The topological polar surface area (TPSA) is 46.5 Å². The molecule has 1 rings (SSSR count). The Morgan fingerprint density at radius 2 is 1.52 bits per heavy atom. The van der Waals surface area contributed by atoms with Crippen LogP contribution >= 0.6 is 0 Å². The molecule has 1 N–H and O–H groups in total. The number of carboxylic acids is 1. The van der Waals surface area contributed by atoms with E-state index in [1.165, 1.54) is 6.08 Å². The summed E-state index contributed by atoms with van der Waals surface area (Å²) in [7, 11) is 1.70. The Labute approximate surface area is 140 Å². The van der Waals surface area contributed by atoms with Crippen molar-refractivity contribution >= 4 is 11.5 Å². The molecule has 1 aromatic rings. The van der Waals surface area contributed by atoms with Crippen molar-refractivity contribution in [3.05, 3.63) is 34.9 Å². The fourth-order valence-electron chi connectivity index (χ4n) is 2.69. The van der Waals surface area contributed by atoms with Crippen LogP contribution in [0.4, 0.5) is 0 Å². The monoisotopic (exact) mass is 318 g/mol. The van der Waals surface area contributed by atoms with Gasteiger partial charge >= 0.3 is 5.97 Å². The maximum Gasteiger partial charge on any atom is 0.328 e. The van der Waals surface area contributed by atoms with E-state index in [2.05, 4.69) is 53.7 Å². The van der Waals surface area contributed by atoms with Gasteiger partial charge in [0.15, 0.2) is 0 Å². The van der Waals surface area contributed by atoms with Gasteiger partial charge in [0, 0.05) is 17.2 Å². The molecule has 1 aromatic carbocycles. The molecule has 23 heavy (non-hydrogen) atoms. The zero-order valence-electron chi connectivity index (χ0n) is 15.7. The summed E-state index contributed by atoms with van der Waals surface area (Å²) in [4.78, 5) is 11.1. The fraction of sp³-hybridized carbons (Fsp3) is 0.550. The van der Waals surface area contributed by atoms with Crippen molar-refractivity contribution in [1.82, 2.24) is 0 Å². The lowest BCUT2D eigenvalue weighted by atomic mass is 9.77. The Bertz CT molecular complexity index is 576. The first kappa shape index (κ1) is 19.3. The van der Waals surface area contributed by atoms with Gasteiger partial charge in [-0.15, -0.1) is 0 Å². The van der Waals surface area contributed by atoms with Crippen molar-refractivity contribution in [2.24, 2.45) is 0 Å². The number of methoxy groups -OCH3 is 1. The standard InChI is InChI=1S/C20H30O3/c1-9-13(12-17(21)22)14-10-15(19(2,3)4)18(23-8)16(11-14)20(5,6)7/h10-12H,9H2,1-8H3,(H,21,22)/b13-12+. The molecule has 0 heterocycles. The minimum absolute atomic E-state index is 0.0938. The summed E-state index contributed by atoms with van der Waals surface area (Å²) >= 11 is 0. The maximum atomic E-state index is 11.1. The van der Waals surface area contributed by atoms with Crippen molar-refractivity contribution in [2.45, 2.75) is 65.7 Å². The van der Waals surface area contributed by atoms with Crippen molar-refractivity contribution in [2.75, 3.05) is 7.11 Å². The molecule has 3 heteroatoms. The van der Waals surface area contributed by atoms with Crippen molar-refractivity contribution < 1.29 is 14.6 Å². The lowest BCUT2D eigenvalue weighted by Crippen LogP contribution is -2.19. The van der Waals surface area contributed by atoms with Gasteiger partial charge in [-0.1, -0.05) is 48.5 Å². The second kappa shape index (κ2) is 6.77. The lowest BCUT2D eigenvalue weighted by Gasteiger charge is -2.30. The van der Waals surface area contributed by atoms with Crippen LogP contribution < -0.4 is 4.74 Å². The Hall–Kier alpha value is -1.77. The van der Waals surface area contributed by atoms with Crippen LogP contribution in [0, 0.1) is 0 Å². The number of ether oxygens (including phenoxy) is 1. The highest BCUT2D eigenvalue weighted by Crippen LogP contribution is 2.42. The van der Waals surface area contributed by atoms with Gasteiger partial charge in [0.05, 0.1) is 7.11 Å². The average Bonchev–Trinajstić information content (AvgIpc) is 2.41. The zero-order chi connectivity index (χ0) is 18.0. The highest BCUT2D eigenvalue weighted by Gasteiger charge is 2.27. The van der Waals surface area contributed by atoms with Gasteiger partial charge < -0.3 is 9.84 Å². The van der Waals surface area contributed by atoms with Gasteiger partial charge in [0.1, 0.15) is 5.75 Å². The number of hydrogen-bond acceptors (Lipinski definition) is 2. The van der Waals surface area contributed by atoms with E-state index in [0.717, 1.165) is 28.0 Å². The number of aliphatic carboxylic acids is 1. The predicted octanol–water partition coefficient (Wildman–Crippen LogP) is 5.17. The summed E-state index contributed by atoms with van der Waals surface area (Å²) in [6.45, 7) is 14.9. The first-order valence-electron chi connectivity index (χ1n) is 8.08. The molecular formula is C20H30O3. The molecule has 128 valence electrons. The summed E-state index contributed by atoms with van der Waals surface area (Å²) in [5, 5.41) is 9.13. The third kappa shape index (κ3) is 4.60. The number of allylic oxidation sites excluding steroid dienone is 1. The number of hydrogen-bond donors (Lipinski definition) is 1. The molecule has 0 aliphatic rings. The summed E-state index contributed by atoms with van der Waals surface area (Å²) in [5.41, 5.74) is 3.81. The highest BCUT2D eigenvalue weighted by molar-refractivity contribution is 5.90. The molecule has 0 unspecified atom stereocenters. The smallest absolute Gasteiger partial charge is 0.328 e. The molecule has 0 amide bonds. The Morgan fingerprint density at radius 3 is 1.78 bits per heavy atom. The molecule has 0 spiro atoms. The number of carboxylic acid groups (broad SMARTS) is 1. The molecule has 0 aliphatic carbocycles. The van der Waals surface area contributed by atoms with Crippen LogP contribution in [0.15, 0.2) is 18.2 Å². The van der Waals surface area contributed by atoms with Gasteiger partial charge in [0.2, 0.25) is 0 Å². The molecule has 0 fully saturated rings. The van der Waals surface area contributed by atoms with Gasteiger partial charge in [-0.3, -0.25) is 0 Å². The van der Waals surface area contributed by atoms with Crippen LogP contribution in [0.2, 0.25) is 0 Å². The second-order valence-electron chi connectivity index (χ2n) is 7.97. The van der Waals surface area contributed by atoms with Crippen LogP contribution in [0.5, 0.6) is 5.75 Å². The van der Waals surface area contributed by atoms with Crippen LogP contribution in [-0.4, -0.2) is 18.2 Å². The normalized spacial score (nSPS) is 13.1. The Morgan fingerprint density at radius 1 is 1.09 bits per heavy atom. The predicted molar refractivity (Wildman–Crippen MR) is 96.3 cm³/mol. The maximum absolute atomic E-state index is 11.1. The number of rotatable bonds is 4. The third-order valence-corrected chi connectivity index (χ3v) is 3.96. The fourth-order valence-corrected chi connectivity index (χ4v) is 2.69. The quantitative estimate of drug-likeness (QED) is 0.779. The molecule has 3 nitrogen and oxygen atoms in total. The molecule has 0 radical (unpaired) electrons. The largest absolute Gasteiger partial charge is 0.496 e. The van der Waals surface area contributed by atoms with Crippen LogP contribution in [0.3, 0.4) is 0 Å². The Balaban J connectivity index is 3.79. The highest BCUT2D eigenvalue weighted by atomic mass is 16.5. The molecule has 0 bridgehead atoms. The van der Waals surface area contributed by atoms with Gasteiger partial charge in [0.25, 0.3) is 0 Å². The van der Waals surface area contributed by atoms with Gasteiger partial charge in [-0.2, -0.15) is 0 Å². The van der Waals surface area contributed by atoms with Crippen LogP contribution in [-0.2, 0) is 15.6 Å². The summed E-state index contributed by atoms with van der Waals surface area (Å²) in [6.07, 6.45) is 1.98. The van der Waals surface area contributed by atoms with Crippen molar-refractivity contribution in [3.63, 3.8) is 0 Å². The van der Waals surface area contributed by atoms with E-state index in [4.69, 9.17) is 9.84 Å². The van der Waals surface area contributed by atoms with Gasteiger partial charge in [-0.25, -0.2) is 4.79 Å². The van der Waals surface area contributed by atoms with E-state index >= 15 is 0 Å². The van der Waals surface area contributed by atoms with Crippen molar-refractivity contribution in [1.29, 1.82) is 0 Å². The van der Waals surface area contributed by atoms with E-state index in [0.29, 0.717) is 6.42 Å². The number of carbonyl (C=O) groups is 1. The second-order valence-corrected chi connectivity index (χ2v) is 7.97. The lowest BCUT2D eigenvalue weighted by molar-refractivity contribution is -0.131. The number of benzene rings is 1. The first-order chi connectivity index (χ1) is 10.4. The molecule has 0 aliphatic heterocycles. The Kier molecular flexibility index (Phi) is 5.68. The van der Waals surface area contributed by atoms with E-state index in [-0.39, 0.29) is 10.8 Å². The van der Waals surface area contributed by atoms with Crippen LogP contribution in [0.25, 0.3) is 5.57 Å². The average molecular weight is 318 g/mol. The molecule has 0 aromatic heterocycles. The SMILES string of the molecule is CC/C(=C\C(=O)O)c1cc(C(C)(C)C)c(OC)c(C(C)(C)C)c1. The van der Waals surface area contributed by atoms with E-state index in [1.807, 2.05) is 6.92 Å². The zero-order valence-corrected chi connectivity index (χ0v) is 15.7. The molecular weight excluding hydrogens is 288 g/mol. The summed E-state index contributed by atoms with van der Waals surface area (Å²) in [6, 6.07) is 4.15. The first-order valence-corrected chi connectivity index (χ1v) is 8.08.